The molecule has 2 fully saturated rings. The first-order chi connectivity index (χ1) is 11.3. The van der Waals surface area contributed by atoms with Crippen molar-refractivity contribution in [2.45, 2.75) is 50.7 Å². The lowest BCUT2D eigenvalue weighted by atomic mass is 10.1. The topological polar surface area (TPSA) is 133 Å². The van der Waals surface area contributed by atoms with Crippen LogP contribution in [0.2, 0.25) is 0 Å². The summed E-state index contributed by atoms with van der Waals surface area (Å²) in [6.45, 7) is 2.03. The van der Waals surface area contributed by atoms with Gasteiger partial charge in [0.25, 0.3) is 0 Å². The van der Waals surface area contributed by atoms with Gasteiger partial charge >= 0.3 is 5.97 Å². The highest BCUT2D eigenvalue weighted by Crippen LogP contribution is 2.25. The van der Waals surface area contributed by atoms with Crippen LogP contribution in [0.3, 0.4) is 0 Å². The molecule has 24 heavy (non-hydrogen) atoms. The molecule has 0 saturated carbocycles. The summed E-state index contributed by atoms with van der Waals surface area (Å²) in [6, 6.07) is -1.94. The van der Waals surface area contributed by atoms with Crippen molar-refractivity contribution in [1.82, 2.24) is 15.1 Å². The summed E-state index contributed by atoms with van der Waals surface area (Å²) in [5.74, 6) is -2.12. The van der Waals surface area contributed by atoms with Gasteiger partial charge in [0.05, 0.1) is 6.04 Å². The van der Waals surface area contributed by atoms with E-state index in [4.69, 9.17) is 10.8 Å². The minimum Gasteiger partial charge on any atom is -0.480 e. The van der Waals surface area contributed by atoms with Crippen LogP contribution in [0.4, 0.5) is 0 Å². The van der Waals surface area contributed by atoms with Crippen molar-refractivity contribution in [1.29, 1.82) is 0 Å². The Labute approximate surface area is 140 Å². The second-order valence-corrected chi connectivity index (χ2v) is 6.28. The third-order valence-corrected chi connectivity index (χ3v) is 4.46. The van der Waals surface area contributed by atoms with E-state index in [1.165, 1.54) is 9.80 Å². The summed E-state index contributed by atoms with van der Waals surface area (Å²) >= 11 is 0. The van der Waals surface area contributed by atoms with Crippen molar-refractivity contribution in [3.8, 4) is 0 Å². The smallest absolute Gasteiger partial charge is 0.322 e. The number of rotatable bonds is 5. The second-order valence-electron chi connectivity index (χ2n) is 6.28. The van der Waals surface area contributed by atoms with Crippen LogP contribution >= 0.6 is 0 Å². The van der Waals surface area contributed by atoms with E-state index in [1.807, 2.05) is 0 Å². The molecular weight excluding hydrogens is 316 g/mol. The molecule has 0 aromatic heterocycles. The number of nitrogens with zero attached hydrogens (tertiary/aromatic N) is 2. The van der Waals surface area contributed by atoms with Gasteiger partial charge in [0, 0.05) is 13.1 Å². The van der Waals surface area contributed by atoms with Crippen molar-refractivity contribution in [2.75, 3.05) is 19.6 Å². The third kappa shape index (κ3) is 3.84. The first kappa shape index (κ1) is 18.2. The first-order valence-electron chi connectivity index (χ1n) is 8.19. The Morgan fingerprint density at radius 3 is 2.29 bits per heavy atom. The quantitative estimate of drug-likeness (QED) is 0.559. The Hall–Kier alpha value is -2.16. The van der Waals surface area contributed by atoms with Gasteiger partial charge in [-0.05, 0) is 32.6 Å². The number of likely N-dealkylation sites (tertiary alicyclic amines) is 2. The number of carbonyl (C=O) groups excluding carboxylic acids is 3. The highest BCUT2D eigenvalue weighted by atomic mass is 16.4. The standard InChI is InChI=1S/C15H24N4O5/c1-9(16)14(23)19-7-3-5-11(19)15(24)18-6-2-4-10(18)13(22)17-8-12(20)21/h9-11H,2-8,16H2,1H3,(H,17,22)(H,20,21). The van der Waals surface area contributed by atoms with Crippen molar-refractivity contribution in [2.24, 2.45) is 5.73 Å². The van der Waals surface area contributed by atoms with Gasteiger partial charge < -0.3 is 26.0 Å². The molecule has 0 spiro atoms. The van der Waals surface area contributed by atoms with E-state index in [1.54, 1.807) is 6.92 Å². The Morgan fingerprint density at radius 1 is 1.12 bits per heavy atom. The van der Waals surface area contributed by atoms with Crippen molar-refractivity contribution in [3.63, 3.8) is 0 Å². The van der Waals surface area contributed by atoms with E-state index in [0.717, 1.165) is 6.42 Å². The molecule has 0 bridgehead atoms. The molecule has 3 amide bonds. The maximum absolute atomic E-state index is 12.8. The predicted octanol–water partition coefficient (Wildman–Crippen LogP) is -1.48. The van der Waals surface area contributed by atoms with Crippen LogP contribution in [0.15, 0.2) is 0 Å². The third-order valence-electron chi connectivity index (χ3n) is 4.46. The van der Waals surface area contributed by atoms with Gasteiger partial charge in [0.15, 0.2) is 0 Å². The van der Waals surface area contributed by atoms with E-state index in [-0.39, 0.29) is 11.8 Å². The van der Waals surface area contributed by atoms with Gasteiger partial charge in [-0.15, -0.1) is 0 Å². The number of hydrogen-bond donors (Lipinski definition) is 3. The molecule has 134 valence electrons. The molecule has 0 aromatic rings. The minimum absolute atomic E-state index is 0.255. The van der Waals surface area contributed by atoms with Crippen LogP contribution in [0, 0.1) is 0 Å². The molecule has 2 heterocycles. The van der Waals surface area contributed by atoms with E-state index in [9.17, 15) is 19.2 Å². The van der Waals surface area contributed by atoms with Gasteiger partial charge in [-0.2, -0.15) is 0 Å². The molecular formula is C15H24N4O5. The highest BCUT2D eigenvalue weighted by Gasteiger charge is 2.42. The predicted molar refractivity (Wildman–Crippen MR) is 83.8 cm³/mol. The molecule has 0 aromatic carbocycles. The number of carboxylic acids is 1. The summed E-state index contributed by atoms with van der Waals surface area (Å²) in [5, 5.41) is 11.0. The molecule has 2 saturated heterocycles. The number of hydrogen-bond acceptors (Lipinski definition) is 5. The van der Waals surface area contributed by atoms with Crippen LogP contribution in [0.25, 0.3) is 0 Å². The SMILES string of the molecule is CC(N)C(=O)N1CCCC1C(=O)N1CCCC1C(=O)NCC(=O)O. The second kappa shape index (κ2) is 7.61. The molecule has 2 rings (SSSR count). The molecule has 2 aliphatic heterocycles. The maximum Gasteiger partial charge on any atom is 0.322 e. The number of aliphatic carboxylic acids is 1. The van der Waals surface area contributed by atoms with Crippen LogP contribution in [0.5, 0.6) is 0 Å². The Morgan fingerprint density at radius 2 is 1.71 bits per heavy atom. The van der Waals surface area contributed by atoms with Gasteiger partial charge in [-0.25, -0.2) is 0 Å². The Balaban J connectivity index is 2.05. The Kier molecular flexibility index (Phi) is 5.76. The fraction of sp³-hybridized carbons (Fsp3) is 0.733. The lowest BCUT2D eigenvalue weighted by Gasteiger charge is -2.31. The van der Waals surface area contributed by atoms with E-state index in [2.05, 4.69) is 5.32 Å². The number of nitrogens with one attached hydrogen (secondary N) is 1. The molecule has 4 N–H and O–H groups in total. The summed E-state index contributed by atoms with van der Waals surface area (Å²) in [7, 11) is 0. The summed E-state index contributed by atoms with van der Waals surface area (Å²) in [4.78, 5) is 50.7. The van der Waals surface area contributed by atoms with Gasteiger partial charge in [-0.3, -0.25) is 19.2 Å². The molecule has 0 aliphatic carbocycles. The van der Waals surface area contributed by atoms with Crippen molar-refractivity contribution in [3.05, 3.63) is 0 Å². The van der Waals surface area contributed by atoms with Gasteiger partial charge in [-0.1, -0.05) is 0 Å². The molecule has 9 heteroatoms. The number of carboxylic acid groups (broad SMARTS) is 1. The zero-order valence-electron chi connectivity index (χ0n) is 13.7. The normalized spacial score (nSPS) is 24.8. The average Bonchev–Trinajstić information content (AvgIpc) is 3.19. The lowest BCUT2D eigenvalue weighted by molar-refractivity contribution is -0.147. The van der Waals surface area contributed by atoms with E-state index < -0.39 is 36.5 Å². The summed E-state index contributed by atoms with van der Waals surface area (Å²) in [6.07, 6.45) is 2.44. The first-order valence-corrected chi connectivity index (χ1v) is 8.19. The summed E-state index contributed by atoms with van der Waals surface area (Å²) in [5.41, 5.74) is 5.64. The van der Waals surface area contributed by atoms with Gasteiger partial charge in [0.1, 0.15) is 18.6 Å². The number of amides is 3. The minimum atomic E-state index is -1.14. The molecule has 9 nitrogen and oxygen atoms in total. The van der Waals surface area contributed by atoms with Crippen molar-refractivity contribution < 1.29 is 24.3 Å². The fourth-order valence-electron chi connectivity index (χ4n) is 3.32. The lowest BCUT2D eigenvalue weighted by Crippen LogP contribution is -2.55. The molecule has 0 radical (unpaired) electrons. The average molecular weight is 340 g/mol. The fourth-order valence-corrected chi connectivity index (χ4v) is 3.32. The monoisotopic (exact) mass is 340 g/mol. The largest absolute Gasteiger partial charge is 0.480 e. The maximum atomic E-state index is 12.8. The van der Waals surface area contributed by atoms with Crippen LogP contribution in [-0.4, -0.2) is 76.4 Å². The zero-order valence-corrected chi connectivity index (χ0v) is 13.7. The number of nitrogens with two attached hydrogens (primary N) is 1. The zero-order chi connectivity index (χ0) is 17.9. The van der Waals surface area contributed by atoms with Crippen LogP contribution < -0.4 is 11.1 Å². The van der Waals surface area contributed by atoms with Crippen molar-refractivity contribution >= 4 is 23.7 Å². The van der Waals surface area contributed by atoms with E-state index in [0.29, 0.717) is 32.4 Å². The molecule has 3 unspecified atom stereocenters. The highest BCUT2D eigenvalue weighted by molar-refractivity contribution is 5.94. The Bertz CT molecular complexity index is 536. The van der Waals surface area contributed by atoms with Gasteiger partial charge in [0.2, 0.25) is 17.7 Å². The summed E-state index contributed by atoms with van der Waals surface area (Å²) < 4.78 is 0. The molecule has 2 aliphatic rings. The van der Waals surface area contributed by atoms with Crippen LogP contribution in [0.1, 0.15) is 32.6 Å². The molecule has 3 atom stereocenters. The van der Waals surface area contributed by atoms with Crippen LogP contribution in [-0.2, 0) is 19.2 Å². The number of carbonyl (C=O) groups is 4. The van der Waals surface area contributed by atoms with E-state index >= 15 is 0 Å².